The Kier molecular flexibility index (Phi) is 58.3. The van der Waals surface area contributed by atoms with Crippen LogP contribution >= 0.6 is 0 Å². The van der Waals surface area contributed by atoms with E-state index in [0.29, 0.717) is 19.3 Å². The predicted molar refractivity (Wildman–Crippen MR) is 320 cm³/mol. The summed E-state index contributed by atoms with van der Waals surface area (Å²) in [4.78, 5) is 38.0. The molecule has 0 aromatic heterocycles. The Balaban J connectivity index is 4.23. The smallest absolute Gasteiger partial charge is 0.306 e. The topological polar surface area (TPSA) is 78.9 Å². The number of allylic oxidation sites excluding steroid dienone is 18. The molecule has 0 aliphatic rings. The van der Waals surface area contributed by atoms with Gasteiger partial charge in [0.25, 0.3) is 0 Å². The van der Waals surface area contributed by atoms with Gasteiger partial charge in [-0.15, -0.1) is 0 Å². The minimum atomic E-state index is -0.788. The van der Waals surface area contributed by atoms with Crippen molar-refractivity contribution in [1.29, 1.82) is 0 Å². The van der Waals surface area contributed by atoms with Crippen molar-refractivity contribution in [3.63, 3.8) is 0 Å². The first kappa shape index (κ1) is 70.1. The van der Waals surface area contributed by atoms with Crippen molar-refractivity contribution >= 4 is 17.9 Å². The van der Waals surface area contributed by atoms with Gasteiger partial charge in [-0.2, -0.15) is 0 Å². The molecule has 422 valence electrons. The fraction of sp³-hybridized carbons (Fsp3) is 0.691. The van der Waals surface area contributed by atoms with Gasteiger partial charge in [-0.1, -0.05) is 284 Å². The van der Waals surface area contributed by atoms with Gasteiger partial charge in [-0.25, -0.2) is 0 Å². The molecule has 0 aliphatic carbocycles. The van der Waals surface area contributed by atoms with E-state index in [1.807, 2.05) is 0 Å². The van der Waals surface area contributed by atoms with Gasteiger partial charge in [0.2, 0.25) is 0 Å². The van der Waals surface area contributed by atoms with Crippen LogP contribution in [0.2, 0.25) is 0 Å². The molecule has 0 aliphatic heterocycles. The Morgan fingerprint density at radius 1 is 0.284 bits per heavy atom. The van der Waals surface area contributed by atoms with Crippen molar-refractivity contribution in [2.24, 2.45) is 0 Å². The van der Waals surface area contributed by atoms with Crippen molar-refractivity contribution in [1.82, 2.24) is 0 Å². The Labute approximate surface area is 457 Å². The summed E-state index contributed by atoms with van der Waals surface area (Å²) in [5.74, 6) is -0.921. The van der Waals surface area contributed by atoms with E-state index in [2.05, 4.69) is 130 Å². The maximum absolute atomic E-state index is 12.8. The summed E-state index contributed by atoms with van der Waals surface area (Å²) in [6, 6.07) is 0. The Hall–Kier alpha value is -3.93. The molecular weight excluding hydrogens is 913 g/mol. The van der Waals surface area contributed by atoms with Crippen LogP contribution in [0.3, 0.4) is 0 Å². The number of carbonyl (C=O) groups is 3. The first-order valence-electron chi connectivity index (χ1n) is 30.9. The van der Waals surface area contributed by atoms with E-state index in [0.717, 1.165) is 122 Å². The predicted octanol–water partition coefficient (Wildman–Crippen LogP) is 21.0. The Bertz CT molecular complexity index is 1510. The summed E-state index contributed by atoms with van der Waals surface area (Å²) in [6.07, 6.45) is 84.0. The number of ether oxygens (including phenoxy) is 3. The van der Waals surface area contributed by atoms with Gasteiger partial charge in [-0.3, -0.25) is 14.4 Å². The summed E-state index contributed by atoms with van der Waals surface area (Å²) >= 11 is 0. The van der Waals surface area contributed by atoms with Crippen LogP contribution in [0.5, 0.6) is 0 Å². The number of hydrogen-bond donors (Lipinski definition) is 0. The zero-order valence-electron chi connectivity index (χ0n) is 48.3. The van der Waals surface area contributed by atoms with E-state index in [4.69, 9.17) is 14.2 Å². The lowest BCUT2D eigenvalue weighted by Crippen LogP contribution is -2.30. The highest BCUT2D eigenvalue weighted by Gasteiger charge is 2.19. The fourth-order valence-corrected chi connectivity index (χ4v) is 8.44. The average molecular weight is 1030 g/mol. The third-order valence-corrected chi connectivity index (χ3v) is 13.0. The molecule has 0 aromatic carbocycles. The molecule has 0 saturated carbocycles. The molecule has 0 spiro atoms. The average Bonchev–Trinajstić information content (AvgIpc) is 3.40. The van der Waals surface area contributed by atoms with E-state index in [1.54, 1.807) is 0 Å². The molecule has 6 heteroatoms. The maximum Gasteiger partial charge on any atom is 0.306 e. The van der Waals surface area contributed by atoms with Gasteiger partial charge in [0.05, 0.1) is 0 Å². The SMILES string of the molecule is CC/C=C\C/C=C\C/C=C\C/C=C\C/C=C\C/C=C\C/C=C\C/C=C\C/C=C\CCCCCC(=O)OCC(COC(=O)CCCCCCCCC)OC(=O)CCCCCCCCCCCCCCCCCCCC. The third-order valence-electron chi connectivity index (χ3n) is 13.0. The minimum Gasteiger partial charge on any atom is -0.462 e. The molecule has 0 saturated heterocycles. The van der Waals surface area contributed by atoms with Crippen molar-refractivity contribution in [2.75, 3.05) is 13.2 Å². The second kappa shape index (κ2) is 61.6. The van der Waals surface area contributed by atoms with Gasteiger partial charge >= 0.3 is 17.9 Å². The highest BCUT2D eigenvalue weighted by Crippen LogP contribution is 2.16. The molecule has 1 atom stereocenters. The molecule has 0 aromatic rings. The summed E-state index contributed by atoms with van der Waals surface area (Å²) in [7, 11) is 0. The van der Waals surface area contributed by atoms with Crippen molar-refractivity contribution < 1.29 is 28.6 Å². The Morgan fingerprint density at radius 3 is 0.824 bits per heavy atom. The lowest BCUT2D eigenvalue weighted by molar-refractivity contribution is -0.167. The quantitative estimate of drug-likeness (QED) is 0.0261. The second-order valence-corrected chi connectivity index (χ2v) is 20.2. The molecule has 0 heterocycles. The lowest BCUT2D eigenvalue weighted by atomic mass is 10.0. The monoisotopic (exact) mass is 1030 g/mol. The van der Waals surface area contributed by atoms with Gasteiger partial charge in [0, 0.05) is 19.3 Å². The van der Waals surface area contributed by atoms with Gasteiger partial charge in [0.1, 0.15) is 13.2 Å². The lowest BCUT2D eigenvalue weighted by Gasteiger charge is -2.18. The molecule has 0 rings (SSSR count). The number of unbranched alkanes of at least 4 members (excludes halogenated alkanes) is 26. The largest absolute Gasteiger partial charge is 0.462 e. The maximum atomic E-state index is 12.8. The normalized spacial score (nSPS) is 12.9. The van der Waals surface area contributed by atoms with Crippen LogP contribution in [-0.4, -0.2) is 37.2 Å². The van der Waals surface area contributed by atoms with Gasteiger partial charge < -0.3 is 14.2 Å². The van der Waals surface area contributed by atoms with E-state index in [-0.39, 0.29) is 31.1 Å². The first-order valence-corrected chi connectivity index (χ1v) is 30.9. The van der Waals surface area contributed by atoms with Crippen LogP contribution in [0.25, 0.3) is 0 Å². The highest BCUT2D eigenvalue weighted by molar-refractivity contribution is 5.71. The summed E-state index contributed by atoms with van der Waals surface area (Å²) in [6.45, 7) is 6.47. The van der Waals surface area contributed by atoms with Crippen molar-refractivity contribution in [3.8, 4) is 0 Å². The second-order valence-electron chi connectivity index (χ2n) is 20.2. The number of hydrogen-bond acceptors (Lipinski definition) is 6. The van der Waals surface area contributed by atoms with Crippen LogP contribution in [0.15, 0.2) is 109 Å². The minimum absolute atomic E-state index is 0.0865. The third kappa shape index (κ3) is 59.0. The molecule has 0 radical (unpaired) electrons. The van der Waals surface area contributed by atoms with Crippen LogP contribution in [0.4, 0.5) is 0 Å². The molecule has 0 N–H and O–H groups in total. The Morgan fingerprint density at radius 2 is 0.527 bits per heavy atom. The van der Waals surface area contributed by atoms with Crippen LogP contribution < -0.4 is 0 Å². The molecule has 1 unspecified atom stereocenters. The van der Waals surface area contributed by atoms with E-state index in [9.17, 15) is 14.4 Å². The van der Waals surface area contributed by atoms with Gasteiger partial charge in [0.15, 0.2) is 6.10 Å². The van der Waals surface area contributed by atoms with Crippen LogP contribution in [-0.2, 0) is 28.6 Å². The van der Waals surface area contributed by atoms with E-state index in [1.165, 1.54) is 122 Å². The first-order chi connectivity index (χ1) is 36.5. The van der Waals surface area contributed by atoms with E-state index >= 15 is 0 Å². The fourth-order valence-electron chi connectivity index (χ4n) is 8.44. The summed E-state index contributed by atoms with van der Waals surface area (Å²) in [5.41, 5.74) is 0. The summed E-state index contributed by atoms with van der Waals surface area (Å²) < 4.78 is 16.8. The molecule has 6 nitrogen and oxygen atoms in total. The van der Waals surface area contributed by atoms with Crippen LogP contribution in [0, 0.1) is 0 Å². The standard InChI is InChI=1S/C68H114O6/c1-4-7-10-13-16-18-20-22-24-26-28-29-30-31-32-33-34-35-36-37-38-39-40-42-43-45-47-49-52-55-58-61-67(70)73-64-65(63-72-66(69)60-57-54-51-15-12-9-6-3)74-68(71)62-59-56-53-50-48-46-44-41-27-25-23-21-19-17-14-11-8-5-2/h7,10,16,18,22,24,28-29,31-32,34-35,37-38,40,42,45,47,65H,4-6,8-9,11-15,17,19-21,23,25-27,30,33,36,39,41,43-44,46,48-64H2,1-3H3/b10-7-,18-16-,24-22-,29-28-,32-31-,35-34-,38-37-,42-40-,47-45-. The zero-order valence-corrected chi connectivity index (χ0v) is 48.3. The van der Waals surface area contributed by atoms with Crippen molar-refractivity contribution in [2.45, 2.75) is 290 Å². The molecule has 0 bridgehead atoms. The van der Waals surface area contributed by atoms with Gasteiger partial charge in [-0.05, 0) is 89.9 Å². The number of esters is 3. The number of carbonyl (C=O) groups excluding carboxylic acids is 3. The summed E-state index contributed by atoms with van der Waals surface area (Å²) in [5, 5.41) is 0. The number of rotatable bonds is 55. The molecule has 74 heavy (non-hydrogen) atoms. The highest BCUT2D eigenvalue weighted by atomic mass is 16.6. The molecule has 0 amide bonds. The zero-order chi connectivity index (χ0) is 53.6. The van der Waals surface area contributed by atoms with Crippen molar-refractivity contribution in [3.05, 3.63) is 109 Å². The van der Waals surface area contributed by atoms with Crippen LogP contribution in [0.1, 0.15) is 284 Å². The molecule has 0 fully saturated rings. The molecular formula is C68H114O6. The van der Waals surface area contributed by atoms with E-state index < -0.39 is 6.10 Å².